The Balaban J connectivity index is 1.89. The highest BCUT2D eigenvalue weighted by Gasteiger charge is 2.13. The first-order valence-corrected chi connectivity index (χ1v) is 7.74. The molecule has 5 heteroatoms. The molecule has 120 valence electrons. The Morgan fingerprint density at radius 3 is 2.35 bits per heavy atom. The van der Waals surface area contributed by atoms with Gasteiger partial charge in [-0.25, -0.2) is 0 Å². The Morgan fingerprint density at radius 2 is 1.74 bits per heavy atom. The van der Waals surface area contributed by atoms with Crippen molar-refractivity contribution in [1.82, 2.24) is 5.32 Å². The van der Waals surface area contributed by atoms with Crippen molar-refractivity contribution >= 4 is 29.0 Å². The van der Waals surface area contributed by atoms with E-state index in [-0.39, 0.29) is 17.7 Å². The Hall–Kier alpha value is -2.17. The highest BCUT2D eigenvalue weighted by molar-refractivity contribution is 6.31. The van der Waals surface area contributed by atoms with E-state index in [1.165, 1.54) is 6.92 Å². The molecule has 0 aliphatic rings. The van der Waals surface area contributed by atoms with E-state index in [1.807, 2.05) is 24.3 Å². The molecule has 4 nitrogen and oxygen atoms in total. The summed E-state index contributed by atoms with van der Waals surface area (Å²) in [5.74, 6) is -0.148. The van der Waals surface area contributed by atoms with Crippen LogP contribution < -0.4 is 10.6 Å². The van der Waals surface area contributed by atoms with E-state index in [0.717, 1.165) is 5.56 Å². The lowest BCUT2D eigenvalue weighted by atomic mass is 10.1. The number of hydrogen-bond acceptors (Lipinski definition) is 3. The first kappa shape index (κ1) is 17.2. The van der Waals surface area contributed by atoms with Crippen molar-refractivity contribution in [3.63, 3.8) is 0 Å². The number of carbonyl (C=O) groups excluding carboxylic acids is 2. The third-order valence-corrected chi connectivity index (χ3v) is 3.88. The molecule has 2 rings (SSSR count). The van der Waals surface area contributed by atoms with Crippen LogP contribution in [-0.2, 0) is 11.3 Å². The van der Waals surface area contributed by atoms with Crippen LogP contribution in [0.25, 0.3) is 0 Å². The summed E-state index contributed by atoms with van der Waals surface area (Å²) in [6, 6.07) is 14.0. The number of hydrogen-bond donors (Lipinski definition) is 2. The lowest BCUT2D eigenvalue weighted by Crippen LogP contribution is -2.37. The third-order valence-electron chi connectivity index (χ3n) is 3.51. The summed E-state index contributed by atoms with van der Waals surface area (Å²) in [4.78, 5) is 23.4. The topological polar surface area (TPSA) is 58.2 Å². The smallest absolute Gasteiger partial charge is 0.241 e. The van der Waals surface area contributed by atoms with E-state index in [9.17, 15) is 9.59 Å². The second kappa shape index (κ2) is 7.90. The number of rotatable bonds is 6. The summed E-state index contributed by atoms with van der Waals surface area (Å²) in [7, 11) is 0. The maximum Gasteiger partial charge on any atom is 0.241 e. The molecule has 0 heterocycles. The molecule has 0 aliphatic carbocycles. The highest BCUT2D eigenvalue weighted by atomic mass is 35.5. The minimum absolute atomic E-state index is 0.00217. The van der Waals surface area contributed by atoms with Crippen molar-refractivity contribution in [1.29, 1.82) is 0 Å². The van der Waals surface area contributed by atoms with Gasteiger partial charge in [-0.15, -0.1) is 0 Å². The first-order valence-electron chi connectivity index (χ1n) is 7.36. The van der Waals surface area contributed by atoms with Crippen LogP contribution in [0.2, 0.25) is 5.02 Å². The SMILES string of the molecule is CC(=O)c1ccc(NC(=O)[C@H](C)NCc2ccccc2Cl)cc1. The normalized spacial score (nSPS) is 11.8. The molecular formula is C18H19ClN2O2. The molecule has 0 unspecified atom stereocenters. The largest absolute Gasteiger partial charge is 0.325 e. The minimum Gasteiger partial charge on any atom is -0.325 e. The summed E-state index contributed by atoms with van der Waals surface area (Å²) in [5.41, 5.74) is 2.22. The summed E-state index contributed by atoms with van der Waals surface area (Å²) in [6.07, 6.45) is 0. The van der Waals surface area contributed by atoms with Crippen molar-refractivity contribution in [3.8, 4) is 0 Å². The molecule has 0 saturated heterocycles. The van der Waals surface area contributed by atoms with Gasteiger partial charge in [0.25, 0.3) is 0 Å². The number of benzene rings is 2. The van der Waals surface area contributed by atoms with Crippen molar-refractivity contribution in [3.05, 3.63) is 64.7 Å². The standard InChI is InChI=1S/C18H19ClN2O2/c1-12(20-11-15-5-3-4-6-17(15)19)18(23)21-16-9-7-14(8-10-16)13(2)22/h3-10,12,20H,11H2,1-2H3,(H,21,23)/t12-/m0/s1. The van der Waals surface area contributed by atoms with Gasteiger partial charge in [-0.1, -0.05) is 29.8 Å². The summed E-state index contributed by atoms with van der Waals surface area (Å²) < 4.78 is 0. The number of amides is 1. The molecule has 1 atom stereocenters. The maximum absolute atomic E-state index is 12.2. The van der Waals surface area contributed by atoms with Crippen LogP contribution in [0.15, 0.2) is 48.5 Å². The zero-order valence-electron chi connectivity index (χ0n) is 13.1. The van der Waals surface area contributed by atoms with Gasteiger partial charge >= 0.3 is 0 Å². The zero-order valence-corrected chi connectivity index (χ0v) is 13.9. The summed E-state index contributed by atoms with van der Waals surface area (Å²) in [5, 5.41) is 6.63. The average Bonchev–Trinajstić information content (AvgIpc) is 2.54. The van der Waals surface area contributed by atoms with Gasteiger partial charge < -0.3 is 10.6 Å². The van der Waals surface area contributed by atoms with Crippen LogP contribution in [0.5, 0.6) is 0 Å². The lowest BCUT2D eigenvalue weighted by molar-refractivity contribution is -0.117. The van der Waals surface area contributed by atoms with E-state index >= 15 is 0 Å². The van der Waals surface area contributed by atoms with Gasteiger partial charge in [-0.2, -0.15) is 0 Å². The van der Waals surface area contributed by atoms with Crippen LogP contribution in [0, 0.1) is 0 Å². The van der Waals surface area contributed by atoms with Crippen molar-refractivity contribution in [2.75, 3.05) is 5.32 Å². The van der Waals surface area contributed by atoms with Crippen molar-refractivity contribution < 1.29 is 9.59 Å². The van der Waals surface area contributed by atoms with Crippen LogP contribution in [0.1, 0.15) is 29.8 Å². The Morgan fingerprint density at radius 1 is 1.09 bits per heavy atom. The number of anilines is 1. The molecule has 2 aromatic rings. The first-order chi connectivity index (χ1) is 11.0. The van der Waals surface area contributed by atoms with Crippen molar-refractivity contribution in [2.45, 2.75) is 26.4 Å². The molecule has 0 aromatic heterocycles. The fourth-order valence-electron chi connectivity index (χ4n) is 2.04. The molecule has 0 radical (unpaired) electrons. The molecule has 0 aliphatic heterocycles. The number of carbonyl (C=O) groups is 2. The van der Waals surface area contributed by atoms with Gasteiger partial charge in [0.15, 0.2) is 5.78 Å². The molecular weight excluding hydrogens is 312 g/mol. The van der Waals surface area contributed by atoms with Crippen LogP contribution >= 0.6 is 11.6 Å². The van der Waals surface area contributed by atoms with E-state index in [1.54, 1.807) is 31.2 Å². The zero-order chi connectivity index (χ0) is 16.8. The molecule has 0 fully saturated rings. The van der Waals surface area contributed by atoms with Gasteiger partial charge in [-0.3, -0.25) is 9.59 Å². The van der Waals surface area contributed by atoms with Gasteiger partial charge in [-0.05, 0) is 49.7 Å². The molecule has 2 N–H and O–H groups in total. The van der Waals surface area contributed by atoms with Crippen LogP contribution in [-0.4, -0.2) is 17.7 Å². The van der Waals surface area contributed by atoms with Gasteiger partial charge in [0.05, 0.1) is 6.04 Å². The lowest BCUT2D eigenvalue weighted by Gasteiger charge is -2.15. The Labute approximate surface area is 140 Å². The molecule has 2 aromatic carbocycles. The van der Waals surface area contributed by atoms with Gasteiger partial charge in [0.2, 0.25) is 5.91 Å². The predicted molar refractivity (Wildman–Crippen MR) is 92.8 cm³/mol. The van der Waals surface area contributed by atoms with E-state index in [2.05, 4.69) is 10.6 Å². The van der Waals surface area contributed by atoms with Crippen molar-refractivity contribution in [2.24, 2.45) is 0 Å². The van der Waals surface area contributed by atoms with E-state index in [0.29, 0.717) is 22.8 Å². The maximum atomic E-state index is 12.2. The molecule has 23 heavy (non-hydrogen) atoms. The molecule has 1 amide bonds. The van der Waals surface area contributed by atoms with E-state index < -0.39 is 0 Å². The summed E-state index contributed by atoms with van der Waals surface area (Å²) in [6.45, 7) is 3.81. The second-order valence-electron chi connectivity index (χ2n) is 5.32. The number of Topliss-reactive ketones (excluding diaryl/α,β-unsaturated/α-hetero) is 1. The average molecular weight is 331 g/mol. The molecule has 0 spiro atoms. The number of halogens is 1. The van der Waals surface area contributed by atoms with Gasteiger partial charge in [0.1, 0.15) is 0 Å². The quantitative estimate of drug-likeness (QED) is 0.795. The van der Waals surface area contributed by atoms with Crippen LogP contribution in [0.4, 0.5) is 5.69 Å². The second-order valence-corrected chi connectivity index (χ2v) is 5.72. The minimum atomic E-state index is -0.376. The van der Waals surface area contributed by atoms with Crippen LogP contribution in [0.3, 0.4) is 0 Å². The fraction of sp³-hybridized carbons (Fsp3) is 0.222. The Bertz CT molecular complexity index is 698. The molecule has 0 saturated carbocycles. The van der Waals surface area contributed by atoms with Gasteiger partial charge in [0, 0.05) is 22.8 Å². The Kier molecular flexibility index (Phi) is 5.90. The number of ketones is 1. The number of nitrogens with one attached hydrogen (secondary N) is 2. The molecule has 0 bridgehead atoms. The predicted octanol–water partition coefficient (Wildman–Crippen LogP) is 3.66. The fourth-order valence-corrected chi connectivity index (χ4v) is 2.24. The third kappa shape index (κ3) is 4.91. The van der Waals surface area contributed by atoms with E-state index in [4.69, 9.17) is 11.6 Å². The highest BCUT2D eigenvalue weighted by Crippen LogP contribution is 2.15. The monoisotopic (exact) mass is 330 g/mol. The summed E-state index contributed by atoms with van der Waals surface area (Å²) >= 11 is 6.09.